The lowest BCUT2D eigenvalue weighted by Gasteiger charge is -2.11. The molecular weight excluding hydrogens is 192 g/mol. The Bertz CT molecular complexity index is 286. The Morgan fingerprint density at radius 3 is 2.87 bits per heavy atom. The van der Waals surface area contributed by atoms with E-state index >= 15 is 0 Å². The van der Waals surface area contributed by atoms with Gasteiger partial charge in [-0.2, -0.15) is 0 Å². The molecule has 0 saturated carbocycles. The Hall–Kier alpha value is -1.06. The summed E-state index contributed by atoms with van der Waals surface area (Å²) in [5, 5.41) is 18.4. The maximum atomic E-state index is 9.77. The molecule has 0 heterocycles. The van der Waals surface area contributed by atoms with Gasteiger partial charge in [0.1, 0.15) is 12.4 Å². The SMILES string of the molecule is CCCC(O)c1cccc(OCCO)c1. The highest BCUT2D eigenvalue weighted by molar-refractivity contribution is 5.29. The van der Waals surface area contributed by atoms with Crippen LogP contribution in [-0.4, -0.2) is 23.4 Å². The number of hydrogen-bond acceptors (Lipinski definition) is 3. The van der Waals surface area contributed by atoms with E-state index in [4.69, 9.17) is 9.84 Å². The second-order valence-corrected chi connectivity index (χ2v) is 3.45. The molecule has 2 N–H and O–H groups in total. The van der Waals surface area contributed by atoms with Gasteiger partial charge in [0.2, 0.25) is 0 Å². The van der Waals surface area contributed by atoms with Crippen LogP contribution in [0.4, 0.5) is 0 Å². The van der Waals surface area contributed by atoms with E-state index in [0.29, 0.717) is 5.75 Å². The zero-order chi connectivity index (χ0) is 11.1. The first-order chi connectivity index (χ1) is 7.27. The monoisotopic (exact) mass is 210 g/mol. The van der Waals surface area contributed by atoms with Gasteiger partial charge in [-0.05, 0) is 24.1 Å². The summed E-state index contributed by atoms with van der Waals surface area (Å²) >= 11 is 0. The van der Waals surface area contributed by atoms with Gasteiger partial charge >= 0.3 is 0 Å². The molecular formula is C12H18O3. The van der Waals surface area contributed by atoms with E-state index in [1.165, 1.54) is 0 Å². The van der Waals surface area contributed by atoms with Gasteiger partial charge < -0.3 is 14.9 Å². The van der Waals surface area contributed by atoms with Crippen LogP contribution in [0.25, 0.3) is 0 Å². The van der Waals surface area contributed by atoms with E-state index in [9.17, 15) is 5.11 Å². The summed E-state index contributed by atoms with van der Waals surface area (Å²) in [6, 6.07) is 7.36. The Kier molecular flexibility index (Phi) is 5.15. The molecule has 0 fully saturated rings. The van der Waals surface area contributed by atoms with E-state index in [0.717, 1.165) is 18.4 Å². The van der Waals surface area contributed by atoms with Gasteiger partial charge in [-0.1, -0.05) is 25.5 Å². The third kappa shape index (κ3) is 3.90. The maximum absolute atomic E-state index is 9.77. The van der Waals surface area contributed by atoms with E-state index in [-0.39, 0.29) is 13.2 Å². The molecule has 1 aromatic rings. The van der Waals surface area contributed by atoms with E-state index in [2.05, 4.69) is 0 Å². The Morgan fingerprint density at radius 2 is 2.20 bits per heavy atom. The molecule has 3 nitrogen and oxygen atoms in total. The molecule has 0 bridgehead atoms. The predicted molar refractivity (Wildman–Crippen MR) is 58.9 cm³/mol. The zero-order valence-corrected chi connectivity index (χ0v) is 9.02. The molecule has 0 aliphatic carbocycles. The van der Waals surface area contributed by atoms with Gasteiger partial charge in [0.25, 0.3) is 0 Å². The van der Waals surface area contributed by atoms with E-state index in [1.807, 2.05) is 31.2 Å². The number of aliphatic hydroxyl groups is 2. The smallest absolute Gasteiger partial charge is 0.119 e. The van der Waals surface area contributed by atoms with Crippen molar-refractivity contribution in [3.8, 4) is 5.75 Å². The minimum Gasteiger partial charge on any atom is -0.491 e. The normalized spacial score (nSPS) is 12.5. The molecule has 0 amide bonds. The van der Waals surface area contributed by atoms with Crippen molar-refractivity contribution in [1.82, 2.24) is 0 Å². The average Bonchev–Trinajstić information content (AvgIpc) is 2.27. The minimum atomic E-state index is -0.423. The number of aliphatic hydroxyl groups excluding tert-OH is 2. The molecule has 0 aliphatic rings. The molecule has 3 heteroatoms. The highest BCUT2D eigenvalue weighted by atomic mass is 16.5. The van der Waals surface area contributed by atoms with Crippen molar-refractivity contribution >= 4 is 0 Å². The Balaban J connectivity index is 2.64. The van der Waals surface area contributed by atoms with Crippen LogP contribution in [0.5, 0.6) is 5.75 Å². The van der Waals surface area contributed by atoms with Gasteiger partial charge in [-0.25, -0.2) is 0 Å². The molecule has 15 heavy (non-hydrogen) atoms. The molecule has 0 spiro atoms. The van der Waals surface area contributed by atoms with Crippen molar-refractivity contribution in [3.63, 3.8) is 0 Å². The highest BCUT2D eigenvalue weighted by Crippen LogP contribution is 2.22. The van der Waals surface area contributed by atoms with Gasteiger partial charge in [0.15, 0.2) is 0 Å². The average molecular weight is 210 g/mol. The molecule has 0 saturated heterocycles. The molecule has 1 aromatic carbocycles. The predicted octanol–water partition coefficient (Wildman–Crippen LogP) is 1.89. The molecule has 1 unspecified atom stereocenters. The first-order valence-electron chi connectivity index (χ1n) is 5.29. The van der Waals surface area contributed by atoms with Crippen molar-refractivity contribution in [2.24, 2.45) is 0 Å². The second kappa shape index (κ2) is 6.43. The van der Waals surface area contributed by atoms with Crippen LogP contribution in [-0.2, 0) is 0 Å². The fourth-order valence-corrected chi connectivity index (χ4v) is 1.42. The van der Waals surface area contributed by atoms with Crippen molar-refractivity contribution in [3.05, 3.63) is 29.8 Å². The van der Waals surface area contributed by atoms with Crippen LogP contribution < -0.4 is 4.74 Å². The van der Waals surface area contributed by atoms with Crippen LogP contribution in [0.1, 0.15) is 31.4 Å². The molecule has 84 valence electrons. The Labute approximate surface area is 90.3 Å². The number of rotatable bonds is 6. The zero-order valence-electron chi connectivity index (χ0n) is 9.02. The first-order valence-corrected chi connectivity index (χ1v) is 5.29. The van der Waals surface area contributed by atoms with Gasteiger partial charge in [0, 0.05) is 0 Å². The Morgan fingerprint density at radius 1 is 1.40 bits per heavy atom. The fraction of sp³-hybridized carbons (Fsp3) is 0.500. The summed E-state index contributed by atoms with van der Waals surface area (Å²) in [5.41, 5.74) is 0.868. The summed E-state index contributed by atoms with van der Waals surface area (Å²) < 4.78 is 5.26. The van der Waals surface area contributed by atoms with Crippen LogP contribution in [0, 0.1) is 0 Å². The van der Waals surface area contributed by atoms with Gasteiger partial charge in [-0.3, -0.25) is 0 Å². The van der Waals surface area contributed by atoms with Crippen molar-refractivity contribution in [2.45, 2.75) is 25.9 Å². The molecule has 0 radical (unpaired) electrons. The fourth-order valence-electron chi connectivity index (χ4n) is 1.42. The lowest BCUT2D eigenvalue weighted by molar-refractivity contribution is 0.165. The van der Waals surface area contributed by atoms with Crippen LogP contribution in [0.2, 0.25) is 0 Å². The summed E-state index contributed by atoms with van der Waals surface area (Å²) in [6.07, 6.45) is 1.28. The number of ether oxygens (including phenoxy) is 1. The van der Waals surface area contributed by atoms with Crippen LogP contribution >= 0.6 is 0 Å². The van der Waals surface area contributed by atoms with Crippen LogP contribution in [0.3, 0.4) is 0 Å². The van der Waals surface area contributed by atoms with E-state index in [1.54, 1.807) is 0 Å². The standard InChI is InChI=1S/C12H18O3/c1-2-4-12(14)10-5-3-6-11(9-10)15-8-7-13/h3,5-6,9,12-14H,2,4,7-8H2,1H3. The van der Waals surface area contributed by atoms with Crippen LogP contribution in [0.15, 0.2) is 24.3 Å². The number of hydrogen-bond donors (Lipinski definition) is 2. The maximum Gasteiger partial charge on any atom is 0.119 e. The van der Waals surface area contributed by atoms with Crippen molar-refractivity contribution < 1.29 is 14.9 Å². The molecule has 1 rings (SSSR count). The summed E-state index contributed by atoms with van der Waals surface area (Å²) in [4.78, 5) is 0. The van der Waals surface area contributed by atoms with E-state index < -0.39 is 6.10 Å². The second-order valence-electron chi connectivity index (χ2n) is 3.45. The molecule has 0 aliphatic heterocycles. The quantitative estimate of drug-likeness (QED) is 0.753. The highest BCUT2D eigenvalue weighted by Gasteiger charge is 2.06. The van der Waals surface area contributed by atoms with Crippen molar-refractivity contribution in [2.75, 3.05) is 13.2 Å². The summed E-state index contributed by atoms with van der Waals surface area (Å²) in [6.45, 7) is 2.32. The third-order valence-electron chi connectivity index (χ3n) is 2.16. The molecule has 0 aromatic heterocycles. The first kappa shape index (κ1) is 12.0. The topological polar surface area (TPSA) is 49.7 Å². The summed E-state index contributed by atoms with van der Waals surface area (Å²) in [5.74, 6) is 0.691. The van der Waals surface area contributed by atoms with Crippen molar-refractivity contribution in [1.29, 1.82) is 0 Å². The third-order valence-corrected chi connectivity index (χ3v) is 2.16. The number of benzene rings is 1. The minimum absolute atomic E-state index is 0.00173. The molecule has 1 atom stereocenters. The lowest BCUT2D eigenvalue weighted by Crippen LogP contribution is -2.03. The summed E-state index contributed by atoms with van der Waals surface area (Å²) in [7, 11) is 0. The van der Waals surface area contributed by atoms with Gasteiger partial charge in [-0.15, -0.1) is 0 Å². The largest absolute Gasteiger partial charge is 0.491 e. The van der Waals surface area contributed by atoms with Gasteiger partial charge in [0.05, 0.1) is 12.7 Å². The lowest BCUT2D eigenvalue weighted by atomic mass is 10.1.